The van der Waals surface area contributed by atoms with Crippen LogP contribution in [0.2, 0.25) is 0 Å². The Bertz CT molecular complexity index is 1330. The van der Waals surface area contributed by atoms with Crippen molar-refractivity contribution in [3.63, 3.8) is 0 Å². The second-order valence-electron chi connectivity index (χ2n) is 8.18. The van der Waals surface area contributed by atoms with Crippen LogP contribution in [-0.4, -0.2) is 37.7 Å². The molecular weight excluding hydrogens is 435 g/mol. The van der Waals surface area contributed by atoms with Crippen LogP contribution in [0.4, 0.5) is 27.4 Å². The number of anilines is 4. The van der Waals surface area contributed by atoms with E-state index in [-0.39, 0.29) is 11.5 Å². The maximum Gasteiger partial charge on any atom is 0.257 e. The number of nitrogens with zero attached hydrogens (tertiary/aromatic N) is 5. The van der Waals surface area contributed by atoms with Gasteiger partial charge in [0, 0.05) is 48.5 Å². The largest absolute Gasteiger partial charge is 0.373 e. The third-order valence-electron chi connectivity index (χ3n) is 5.21. The average Bonchev–Trinajstić information content (AvgIpc) is 3.29. The first-order chi connectivity index (χ1) is 16.2. The summed E-state index contributed by atoms with van der Waals surface area (Å²) in [5, 5.41) is 13.5. The molecule has 1 amide bonds. The van der Waals surface area contributed by atoms with Crippen LogP contribution in [0.3, 0.4) is 0 Å². The number of aryl methyl sites for hydroxylation is 1. The maximum absolute atomic E-state index is 14.3. The second-order valence-corrected chi connectivity index (χ2v) is 8.18. The lowest BCUT2D eigenvalue weighted by Gasteiger charge is -2.15. The van der Waals surface area contributed by atoms with Crippen molar-refractivity contribution in [2.24, 2.45) is 0 Å². The maximum atomic E-state index is 14.3. The lowest BCUT2D eigenvalue weighted by Crippen LogP contribution is -2.15. The summed E-state index contributed by atoms with van der Waals surface area (Å²) in [7, 11) is 1.78. The third kappa shape index (κ3) is 5.01. The molecule has 0 aliphatic carbocycles. The van der Waals surface area contributed by atoms with E-state index in [4.69, 9.17) is 0 Å². The van der Waals surface area contributed by atoms with Gasteiger partial charge in [-0.25, -0.2) is 14.4 Å². The van der Waals surface area contributed by atoms with E-state index in [1.807, 2.05) is 25.1 Å². The molecule has 0 bridgehead atoms. The summed E-state index contributed by atoms with van der Waals surface area (Å²) < 4.78 is 15.9. The van der Waals surface area contributed by atoms with Gasteiger partial charge in [-0.2, -0.15) is 9.78 Å². The molecule has 4 aromatic rings. The van der Waals surface area contributed by atoms with Gasteiger partial charge in [-0.3, -0.25) is 9.78 Å². The Balaban J connectivity index is 1.56. The number of pyridine rings is 1. The molecule has 10 heteroatoms. The number of hydrogen-bond acceptors (Lipinski definition) is 7. The van der Waals surface area contributed by atoms with Gasteiger partial charge >= 0.3 is 0 Å². The van der Waals surface area contributed by atoms with Crippen LogP contribution in [0.5, 0.6) is 0 Å². The first-order valence-corrected chi connectivity index (χ1v) is 10.6. The highest BCUT2D eigenvalue weighted by molar-refractivity contribution is 6.04. The topological polar surface area (TPSA) is 110 Å². The van der Waals surface area contributed by atoms with Crippen molar-refractivity contribution < 1.29 is 9.18 Å². The van der Waals surface area contributed by atoms with E-state index in [0.29, 0.717) is 28.7 Å². The molecule has 3 aromatic heterocycles. The van der Waals surface area contributed by atoms with Crippen LogP contribution in [-0.2, 0) is 5.67 Å². The predicted octanol–water partition coefficient (Wildman–Crippen LogP) is 4.61. The molecule has 0 spiro atoms. The molecule has 0 saturated carbocycles. The summed E-state index contributed by atoms with van der Waals surface area (Å²) in [6.07, 6.45) is 5.96. The lowest BCUT2D eigenvalue weighted by atomic mass is 10.0. The molecule has 0 aliphatic rings. The van der Waals surface area contributed by atoms with Crippen LogP contribution in [0.25, 0.3) is 5.82 Å². The van der Waals surface area contributed by atoms with Crippen molar-refractivity contribution in [3.8, 4) is 5.82 Å². The first kappa shape index (κ1) is 22.8. The van der Waals surface area contributed by atoms with Gasteiger partial charge in [0.15, 0.2) is 5.82 Å². The second kappa shape index (κ2) is 9.26. The minimum absolute atomic E-state index is 0.278. The van der Waals surface area contributed by atoms with Crippen molar-refractivity contribution in [2.45, 2.75) is 26.4 Å². The zero-order valence-electron chi connectivity index (χ0n) is 19.3. The van der Waals surface area contributed by atoms with E-state index in [0.717, 1.165) is 11.3 Å². The Hall–Kier alpha value is -4.34. The minimum atomic E-state index is -1.59. The highest BCUT2D eigenvalue weighted by atomic mass is 19.1. The molecule has 0 fully saturated rings. The Morgan fingerprint density at radius 1 is 1.09 bits per heavy atom. The smallest absolute Gasteiger partial charge is 0.257 e. The number of carbonyl (C=O) groups is 1. The van der Waals surface area contributed by atoms with Crippen LogP contribution in [0.15, 0.2) is 61.3 Å². The highest BCUT2D eigenvalue weighted by Gasteiger charge is 2.21. The number of benzene rings is 1. The molecule has 174 valence electrons. The van der Waals surface area contributed by atoms with E-state index in [1.54, 1.807) is 30.1 Å². The Labute approximate surface area is 196 Å². The molecule has 0 aliphatic heterocycles. The average molecular weight is 461 g/mol. The number of amides is 1. The van der Waals surface area contributed by atoms with Crippen LogP contribution < -0.4 is 16.0 Å². The summed E-state index contributed by atoms with van der Waals surface area (Å²) in [6.45, 7) is 4.81. The molecule has 0 radical (unpaired) electrons. The zero-order chi connectivity index (χ0) is 24.3. The number of nitrogens with one attached hydrogen (secondary N) is 3. The number of halogens is 1. The molecular formula is C24H25FN8O. The summed E-state index contributed by atoms with van der Waals surface area (Å²) in [5.41, 5.74) is 1.34. The van der Waals surface area contributed by atoms with E-state index in [1.165, 1.54) is 38.6 Å². The SMILES string of the molecule is CNc1cc(-n2nccc2Nc2cc(NC(=O)c3cncc(C(C)(C)F)c3)ccc2C)ncn1. The summed E-state index contributed by atoms with van der Waals surface area (Å²) in [4.78, 5) is 25.2. The fourth-order valence-electron chi connectivity index (χ4n) is 3.25. The molecule has 9 nitrogen and oxygen atoms in total. The van der Waals surface area contributed by atoms with Crippen molar-refractivity contribution >= 4 is 28.9 Å². The fourth-order valence-corrected chi connectivity index (χ4v) is 3.25. The highest BCUT2D eigenvalue weighted by Crippen LogP contribution is 2.27. The third-order valence-corrected chi connectivity index (χ3v) is 5.21. The number of hydrogen-bond donors (Lipinski definition) is 3. The summed E-state index contributed by atoms with van der Waals surface area (Å²) >= 11 is 0. The molecule has 3 heterocycles. The monoisotopic (exact) mass is 460 g/mol. The molecule has 1 aromatic carbocycles. The molecule has 0 unspecified atom stereocenters. The van der Waals surface area contributed by atoms with E-state index < -0.39 is 5.67 Å². The lowest BCUT2D eigenvalue weighted by molar-refractivity contribution is 0.102. The number of carbonyl (C=O) groups excluding carboxylic acids is 1. The quantitative estimate of drug-likeness (QED) is 0.369. The van der Waals surface area contributed by atoms with Crippen molar-refractivity contribution in [1.29, 1.82) is 0 Å². The minimum Gasteiger partial charge on any atom is -0.373 e. The van der Waals surface area contributed by atoms with Gasteiger partial charge in [0.05, 0.1) is 11.8 Å². The van der Waals surface area contributed by atoms with Crippen LogP contribution >= 0.6 is 0 Å². The molecule has 0 atom stereocenters. The fraction of sp³-hybridized carbons (Fsp3) is 0.208. The normalized spacial score (nSPS) is 11.2. The number of rotatable bonds is 7. The molecule has 4 rings (SSSR count). The number of aromatic nitrogens is 5. The first-order valence-electron chi connectivity index (χ1n) is 10.6. The van der Waals surface area contributed by atoms with Gasteiger partial charge in [-0.05, 0) is 44.5 Å². The van der Waals surface area contributed by atoms with Crippen molar-refractivity contribution in [1.82, 2.24) is 24.7 Å². The zero-order valence-corrected chi connectivity index (χ0v) is 19.3. The van der Waals surface area contributed by atoms with Crippen molar-refractivity contribution in [3.05, 3.63) is 78.0 Å². The standard InChI is InChI=1S/C24H25FN8O/c1-15-5-6-18(31-23(34)16-9-17(13-27-12-16)24(2,3)25)10-19(15)32-21-7-8-30-33(21)22-11-20(26-4)28-14-29-22/h5-14,32H,1-4H3,(H,31,34)(H,26,28,29). The summed E-state index contributed by atoms with van der Waals surface area (Å²) in [6, 6.07) is 10.6. The van der Waals surface area contributed by atoms with Gasteiger partial charge in [0.25, 0.3) is 5.91 Å². The Kier molecular flexibility index (Phi) is 6.22. The molecule has 34 heavy (non-hydrogen) atoms. The number of alkyl halides is 1. The van der Waals surface area contributed by atoms with Crippen LogP contribution in [0.1, 0.15) is 35.3 Å². The van der Waals surface area contributed by atoms with E-state index >= 15 is 0 Å². The van der Waals surface area contributed by atoms with E-state index in [2.05, 4.69) is 36.0 Å². The van der Waals surface area contributed by atoms with Gasteiger partial charge in [0.2, 0.25) is 0 Å². The van der Waals surface area contributed by atoms with Crippen LogP contribution in [0, 0.1) is 6.92 Å². The Morgan fingerprint density at radius 2 is 1.91 bits per heavy atom. The predicted molar refractivity (Wildman–Crippen MR) is 129 cm³/mol. The van der Waals surface area contributed by atoms with Gasteiger partial charge in [-0.15, -0.1) is 0 Å². The van der Waals surface area contributed by atoms with E-state index in [9.17, 15) is 9.18 Å². The van der Waals surface area contributed by atoms with Gasteiger partial charge in [-0.1, -0.05) is 6.07 Å². The Morgan fingerprint density at radius 3 is 2.68 bits per heavy atom. The summed E-state index contributed by atoms with van der Waals surface area (Å²) in [5.74, 6) is 1.58. The van der Waals surface area contributed by atoms with Crippen molar-refractivity contribution in [2.75, 3.05) is 23.0 Å². The van der Waals surface area contributed by atoms with Gasteiger partial charge in [0.1, 0.15) is 23.6 Å². The molecule has 0 saturated heterocycles. The molecule has 3 N–H and O–H groups in total. The van der Waals surface area contributed by atoms with Gasteiger partial charge < -0.3 is 16.0 Å².